The van der Waals surface area contributed by atoms with E-state index in [0.717, 1.165) is 27.3 Å². The van der Waals surface area contributed by atoms with E-state index in [1.807, 2.05) is 62.4 Å². The van der Waals surface area contributed by atoms with E-state index in [1.54, 1.807) is 17.4 Å². The molecule has 1 N–H and O–H groups in total. The van der Waals surface area contributed by atoms with Crippen LogP contribution in [0.4, 0.5) is 5.69 Å². The molecular formula is C27H26N2O3S. The van der Waals surface area contributed by atoms with Crippen LogP contribution in [0.5, 0.6) is 11.5 Å². The second kappa shape index (κ2) is 10.3. The normalized spacial score (nSPS) is 11.1. The highest BCUT2D eigenvalue weighted by atomic mass is 32.1. The smallest absolute Gasteiger partial charge is 0.248 e. The number of rotatable bonds is 8. The van der Waals surface area contributed by atoms with Crippen LogP contribution < -0.4 is 14.8 Å². The Morgan fingerprint density at radius 2 is 1.73 bits per heavy atom. The molecule has 0 saturated carbocycles. The third-order valence-electron chi connectivity index (χ3n) is 4.94. The minimum atomic E-state index is -0.204. The number of aryl methyl sites for hydroxylation is 1. The Labute approximate surface area is 197 Å². The number of nitrogens with zero attached hydrogens (tertiary/aromatic N) is 1. The second-order valence-electron chi connectivity index (χ2n) is 7.46. The molecule has 168 valence electrons. The lowest BCUT2D eigenvalue weighted by Gasteiger charge is -2.11. The molecule has 1 aromatic heterocycles. The summed E-state index contributed by atoms with van der Waals surface area (Å²) in [6.07, 6.45) is 3.26. The van der Waals surface area contributed by atoms with E-state index in [9.17, 15) is 4.79 Å². The van der Waals surface area contributed by atoms with Crippen molar-refractivity contribution < 1.29 is 14.3 Å². The summed E-state index contributed by atoms with van der Waals surface area (Å²) in [6, 6.07) is 19.6. The molecular weight excluding hydrogens is 432 g/mol. The highest BCUT2D eigenvalue weighted by Crippen LogP contribution is 2.31. The Bertz CT molecular complexity index is 1290. The van der Waals surface area contributed by atoms with Gasteiger partial charge in [-0.3, -0.25) is 4.79 Å². The summed E-state index contributed by atoms with van der Waals surface area (Å²) in [6.45, 7) is 7.04. The van der Waals surface area contributed by atoms with Crippen molar-refractivity contribution >= 4 is 39.2 Å². The zero-order valence-corrected chi connectivity index (χ0v) is 19.7. The van der Waals surface area contributed by atoms with E-state index in [1.165, 1.54) is 16.3 Å². The first-order chi connectivity index (χ1) is 16.1. The zero-order valence-electron chi connectivity index (χ0n) is 18.9. The van der Waals surface area contributed by atoms with Crippen LogP contribution in [0.25, 0.3) is 26.9 Å². The summed E-state index contributed by atoms with van der Waals surface area (Å²) in [5, 5.41) is 3.86. The number of carbonyl (C=O) groups excluding carboxylic acids is 1. The minimum absolute atomic E-state index is 0.204. The number of hydrogen-bond donors (Lipinski definition) is 1. The molecule has 4 aromatic rings. The lowest BCUT2D eigenvalue weighted by Crippen LogP contribution is -2.07. The summed E-state index contributed by atoms with van der Waals surface area (Å²) in [7, 11) is 0. The summed E-state index contributed by atoms with van der Waals surface area (Å²) in [5.41, 5.74) is 4.85. The summed E-state index contributed by atoms with van der Waals surface area (Å²) < 4.78 is 12.4. The number of thiazole rings is 1. The third-order valence-corrected chi connectivity index (χ3v) is 6.01. The van der Waals surface area contributed by atoms with Gasteiger partial charge in [0.1, 0.15) is 5.01 Å². The quantitative estimate of drug-likeness (QED) is 0.298. The number of fused-ring (bicyclic) bond motifs is 1. The van der Waals surface area contributed by atoms with Gasteiger partial charge in [0.05, 0.1) is 23.4 Å². The fraction of sp³-hybridized carbons (Fsp3) is 0.185. The van der Waals surface area contributed by atoms with Crippen molar-refractivity contribution in [1.82, 2.24) is 4.98 Å². The largest absolute Gasteiger partial charge is 0.490 e. The first kappa shape index (κ1) is 22.6. The van der Waals surface area contributed by atoms with Crippen molar-refractivity contribution in [3.63, 3.8) is 0 Å². The van der Waals surface area contributed by atoms with Gasteiger partial charge in [0.15, 0.2) is 11.5 Å². The number of amides is 1. The molecule has 0 aliphatic carbocycles. The Hall–Kier alpha value is -3.64. The molecule has 0 aliphatic heterocycles. The summed E-state index contributed by atoms with van der Waals surface area (Å²) in [4.78, 5) is 17.1. The summed E-state index contributed by atoms with van der Waals surface area (Å²) in [5.74, 6) is 1.16. The van der Waals surface area contributed by atoms with E-state index >= 15 is 0 Å². The number of anilines is 1. The maximum atomic E-state index is 12.4. The number of carbonyl (C=O) groups is 1. The SMILES string of the molecule is CCOc1ccc(C=CC(=O)Nc2ccc(-c3nc4ccc(C)cc4s3)cc2)cc1OCC. The van der Waals surface area contributed by atoms with Gasteiger partial charge in [-0.05, 0) is 86.5 Å². The monoisotopic (exact) mass is 458 g/mol. The molecule has 4 rings (SSSR count). The van der Waals surface area contributed by atoms with E-state index in [2.05, 4.69) is 24.4 Å². The Morgan fingerprint density at radius 3 is 2.48 bits per heavy atom. The average Bonchev–Trinajstić information content (AvgIpc) is 3.23. The van der Waals surface area contributed by atoms with Gasteiger partial charge in [0.25, 0.3) is 0 Å². The van der Waals surface area contributed by atoms with Crippen molar-refractivity contribution in [1.29, 1.82) is 0 Å². The predicted molar refractivity (Wildman–Crippen MR) is 136 cm³/mol. The predicted octanol–water partition coefficient (Wildman–Crippen LogP) is 6.72. The van der Waals surface area contributed by atoms with Gasteiger partial charge in [0, 0.05) is 17.3 Å². The van der Waals surface area contributed by atoms with Crippen LogP contribution in [0.15, 0.2) is 66.7 Å². The number of benzene rings is 3. The Morgan fingerprint density at radius 1 is 0.970 bits per heavy atom. The average molecular weight is 459 g/mol. The number of aromatic nitrogens is 1. The van der Waals surface area contributed by atoms with Crippen molar-refractivity contribution in [3.05, 3.63) is 77.9 Å². The molecule has 0 atom stereocenters. The standard InChI is InChI=1S/C27H26N2O3S/c1-4-31-23-14-7-19(17-24(23)32-5-2)8-15-26(30)28-21-11-9-20(10-12-21)27-29-22-13-6-18(3)16-25(22)33-27/h6-17H,4-5H2,1-3H3,(H,28,30). The van der Waals surface area contributed by atoms with E-state index in [-0.39, 0.29) is 5.91 Å². The van der Waals surface area contributed by atoms with Gasteiger partial charge in [-0.2, -0.15) is 0 Å². The van der Waals surface area contributed by atoms with Crippen LogP contribution in [0.1, 0.15) is 25.0 Å². The molecule has 0 saturated heterocycles. The van der Waals surface area contributed by atoms with Gasteiger partial charge >= 0.3 is 0 Å². The van der Waals surface area contributed by atoms with Crippen molar-refractivity contribution in [2.75, 3.05) is 18.5 Å². The fourth-order valence-corrected chi connectivity index (χ4v) is 4.45. The van der Waals surface area contributed by atoms with Gasteiger partial charge in [-0.25, -0.2) is 4.98 Å². The van der Waals surface area contributed by atoms with Gasteiger partial charge in [-0.15, -0.1) is 11.3 Å². The van der Waals surface area contributed by atoms with Crippen LogP contribution in [0.3, 0.4) is 0 Å². The van der Waals surface area contributed by atoms with Crippen molar-refractivity contribution in [3.8, 4) is 22.1 Å². The van der Waals surface area contributed by atoms with E-state index in [4.69, 9.17) is 14.5 Å². The molecule has 0 bridgehead atoms. The molecule has 3 aromatic carbocycles. The number of ether oxygens (including phenoxy) is 2. The van der Waals surface area contributed by atoms with Crippen molar-refractivity contribution in [2.45, 2.75) is 20.8 Å². The second-order valence-corrected chi connectivity index (χ2v) is 8.49. The first-order valence-corrected chi connectivity index (χ1v) is 11.7. The van der Waals surface area contributed by atoms with Crippen LogP contribution in [0.2, 0.25) is 0 Å². The molecule has 0 unspecified atom stereocenters. The highest BCUT2D eigenvalue weighted by molar-refractivity contribution is 7.21. The van der Waals surface area contributed by atoms with Crippen molar-refractivity contribution in [2.24, 2.45) is 0 Å². The number of hydrogen-bond acceptors (Lipinski definition) is 5. The Kier molecular flexibility index (Phi) is 7.05. The lowest BCUT2D eigenvalue weighted by molar-refractivity contribution is -0.111. The molecule has 0 spiro atoms. The van der Waals surface area contributed by atoms with Crippen LogP contribution in [0, 0.1) is 6.92 Å². The van der Waals surface area contributed by atoms with Crippen LogP contribution in [-0.2, 0) is 4.79 Å². The molecule has 33 heavy (non-hydrogen) atoms. The molecule has 1 heterocycles. The summed E-state index contributed by atoms with van der Waals surface area (Å²) >= 11 is 1.67. The van der Waals surface area contributed by atoms with E-state index < -0.39 is 0 Å². The van der Waals surface area contributed by atoms with Gasteiger partial charge in [0.2, 0.25) is 5.91 Å². The van der Waals surface area contributed by atoms with Gasteiger partial charge in [-0.1, -0.05) is 12.1 Å². The molecule has 0 aliphatic rings. The lowest BCUT2D eigenvalue weighted by atomic mass is 10.2. The van der Waals surface area contributed by atoms with E-state index in [0.29, 0.717) is 24.7 Å². The Balaban J connectivity index is 1.42. The topological polar surface area (TPSA) is 60.5 Å². The fourth-order valence-electron chi connectivity index (χ4n) is 3.38. The molecule has 5 nitrogen and oxygen atoms in total. The first-order valence-electron chi connectivity index (χ1n) is 10.9. The zero-order chi connectivity index (χ0) is 23.2. The minimum Gasteiger partial charge on any atom is -0.490 e. The molecule has 6 heteroatoms. The van der Waals surface area contributed by atoms with Gasteiger partial charge < -0.3 is 14.8 Å². The maximum Gasteiger partial charge on any atom is 0.248 e. The highest BCUT2D eigenvalue weighted by Gasteiger charge is 2.08. The number of nitrogens with one attached hydrogen (secondary N) is 1. The third kappa shape index (κ3) is 5.59. The van der Waals surface area contributed by atoms with Crippen LogP contribution in [-0.4, -0.2) is 24.1 Å². The molecule has 0 fully saturated rings. The van der Waals surface area contributed by atoms with Crippen LogP contribution >= 0.6 is 11.3 Å². The molecule has 1 amide bonds. The molecule has 0 radical (unpaired) electrons. The maximum absolute atomic E-state index is 12.4.